The summed E-state index contributed by atoms with van der Waals surface area (Å²) in [7, 11) is -1.20. The van der Waals surface area contributed by atoms with Gasteiger partial charge in [0.05, 0.1) is 18.5 Å². The highest BCUT2D eigenvalue weighted by molar-refractivity contribution is 14.0. The third-order valence-electron chi connectivity index (χ3n) is 3.29. The molecule has 0 radical (unpaired) electrons. The van der Waals surface area contributed by atoms with Gasteiger partial charge in [0.15, 0.2) is 5.96 Å². The summed E-state index contributed by atoms with van der Waals surface area (Å²) in [5, 5.41) is 6.26. The van der Waals surface area contributed by atoms with E-state index in [9.17, 15) is 8.42 Å². The van der Waals surface area contributed by atoms with E-state index in [0.29, 0.717) is 32.1 Å². The molecule has 138 valence electrons. The zero-order valence-electron chi connectivity index (χ0n) is 14.0. The first-order chi connectivity index (χ1) is 10.5. The summed E-state index contributed by atoms with van der Waals surface area (Å²) < 4.78 is 33.1. The van der Waals surface area contributed by atoms with Crippen molar-refractivity contribution in [1.82, 2.24) is 10.6 Å². The Bertz CT molecular complexity index is 426. The first-order valence-electron chi connectivity index (χ1n) is 7.83. The Morgan fingerprint density at radius 2 is 2.00 bits per heavy atom. The predicted octanol–water partition coefficient (Wildman–Crippen LogP) is 0.790. The molecular formula is C14H30IN3O4S. The average Bonchev–Trinajstić information content (AvgIpc) is 2.97. The van der Waals surface area contributed by atoms with Gasteiger partial charge < -0.3 is 20.1 Å². The van der Waals surface area contributed by atoms with Gasteiger partial charge in [-0.15, -0.1) is 24.0 Å². The Balaban J connectivity index is 0.00000484. The van der Waals surface area contributed by atoms with Crippen molar-refractivity contribution in [2.45, 2.75) is 31.8 Å². The maximum Gasteiger partial charge on any atom is 0.190 e. The molecule has 1 heterocycles. The number of nitrogens with one attached hydrogen (secondary N) is 2. The summed E-state index contributed by atoms with van der Waals surface area (Å²) in [4.78, 5) is 4.09. The van der Waals surface area contributed by atoms with Gasteiger partial charge in [-0.1, -0.05) is 0 Å². The molecule has 0 aliphatic carbocycles. The van der Waals surface area contributed by atoms with Gasteiger partial charge in [0.1, 0.15) is 9.84 Å². The van der Waals surface area contributed by atoms with Crippen LogP contribution < -0.4 is 10.6 Å². The van der Waals surface area contributed by atoms with E-state index >= 15 is 0 Å². The van der Waals surface area contributed by atoms with E-state index in [-0.39, 0.29) is 35.8 Å². The molecule has 0 amide bonds. The lowest BCUT2D eigenvalue weighted by Gasteiger charge is -2.12. The fourth-order valence-electron chi connectivity index (χ4n) is 2.13. The van der Waals surface area contributed by atoms with Crippen molar-refractivity contribution >= 4 is 39.8 Å². The Morgan fingerprint density at radius 3 is 2.57 bits per heavy atom. The number of aliphatic imine (C=N–C) groups is 1. The Kier molecular flexibility index (Phi) is 13.1. The quantitative estimate of drug-likeness (QED) is 0.216. The number of sulfone groups is 1. The van der Waals surface area contributed by atoms with Crippen molar-refractivity contribution in [3.8, 4) is 0 Å². The minimum Gasteiger partial charge on any atom is -0.379 e. The number of guanidine groups is 1. The largest absolute Gasteiger partial charge is 0.379 e. The van der Waals surface area contributed by atoms with Crippen LogP contribution >= 0.6 is 24.0 Å². The van der Waals surface area contributed by atoms with Gasteiger partial charge in [-0.05, 0) is 25.7 Å². The standard InChI is InChI=1S/C14H29N3O4S.HI/c1-15-14(17-8-5-11-22(2,18)19)16-7-4-9-20-12-13-6-3-10-21-13;/h13H,3-12H2,1-2H3,(H2,15,16,17);1H. The summed E-state index contributed by atoms with van der Waals surface area (Å²) in [5.74, 6) is 0.876. The molecule has 7 nitrogen and oxygen atoms in total. The minimum atomic E-state index is -2.89. The summed E-state index contributed by atoms with van der Waals surface area (Å²) in [6.07, 6.45) is 5.22. The smallest absolute Gasteiger partial charge is 0.190 e. The van der Waals surface area contributed by atoms with E-state index < -0.39 is 9.84 Å². The first kappa shape index (κ1) is 22.9. The van der Waals surface area contributed by atoms with Crippen LogP contribution in [0, 0.1) is 0 Å². The van der Waals surface area contributed by atoms with Crippen molar-refractivity contribution in [2.75, 3.05) is 52.0 Å². The number of hydrogen-bond donors (Lipinski definition) is 2. The minimum absolute atomic E-state index is 0. The zero-order valence-corrected chi connectivity index (χ0v) is 17.2. The molecule has 2 N–H and O–H groups in total. The van der Waals surface area contributed by atoms with Crippen LogP contribution in [0.5, 0.6) is 0 Å². The first-order valence-corrected chi connectivity index (χ1v) is 9.89. The van der Waals surface area contributed by atoms with E-state index in [4.69, 9.17) is 9.47 Å². The Hall–Kier alpha value is -0.130. The van der Waals surface area contributed by atoms with Crippen LogP contribution in [-0.4, -0.2) is 72.4 Å². The highest BCUT2D eigenvalue weighted by atomic mass is 127. The van der Waals surface area contributed by atoms with Crippen LogP contribution in [0.25, 0.3) is 0 Å². The molecule has 1 aliphatic heterocycles. The number of nitrogens with zero attached hydrogens (tertiary/aromatic N) is 1. The van der Waals surface area contributed by atoms with Crippen molar-refractivity contribution in [1.29, 1.82) is 0 Å². The van der Waals surface area contributed by atoms with Crippen LogP contribution in [0.4, 0.5) is 0 Å². The van der Waals surface area contributed by atoms with Crippen LogP contribution in [0.2, 0.25) is 0 Å². The van der Waals surface area contributed by atoms with Gasteiger partial charge in [0.25, 0.3) is 0 Å². The zero-order chi connectivity index (χ0) is 16.3. The highest BCUT2D eigenvalue weighted by Crippen LogP contribution is 2.11. The monoisotopic (exact) mass is 463 g/mol. The van der Waals surface area contributed by atoms with Gasteiger partial charge in [-0.3, -0.25) is 4.99 Å². The average molecular weight is 463 g/mol. The molecule has 0 aromatic rings. The van der Waals surface area contributed by atoms with E-state index in [1.54, 1.807) is 7.05 Å². The molecule has 0 saturated carbocycles. The molecule has 9 heteroatoms. The predicted molar refractivity (Wildman–Crippen MR) is 104 cm³/mol. The summed E-state index contributed by atoms with van der Waals surface area (Å²) in [6, 6.07) is 0. The van der Waals surface area contributed by atoms with E-state index in [1.165, 1.54) is 6.26 Å². The van der Waals surface area contributed by atoms with E-state index in [1.807, 2.05) is 0 Å². The van der Waals surface area contributed by atoms with Gasteiger partial charge >= 0.3 is 0 Å². The van der Waals surface area contributed by atoms with E-state index in [0.717, 1.165) is 32.4 Å². The van der Waals surface area contributed by atoms with Crippen LogP contribution in [0.1, 0.15) is 25.7 Å². The van der Waals surface area contributed by atoms with Crippen LogP contribution in [0.15, 0.2) is 4.99 Å². The Labute approximate surface area is 156 Å². The lowest BCUT2D eigenvalue weighted by molar-refractivity contribution is 0.0168. The summed E-state index contributed by atoms with van der Waals surface area (Å²) >= 11 is 0. The SMILES string of the molecule is CN=C(NCCCOCC1CCCO1)NCCCS(C)(=O)=O.I. The maximum atomic E-state index is 11.0. The molecule has 23 heavy (non-hydrogen) atoms. The molecule has 1 saturated heterocycles. The second-order valence-corrected chi connectivity index (χ2v) is 7.73. The molecule has 1 atom stereocenters. The van der Waals surface area contributed by atoms with Crippen LogP contribution in [-0.2, 0) is 19.3 Å². The molecule has 0 aromatic heterocycles. The fraction of sp³-hybridized carbons (Fsp3) is 0.929. The van der Waals surface area contributed by atoms with Crippen molar-refractivity contribution in [3.63, 3.8) is 0 Å². The molecule has 0 spiro atoms. The molecular weight excluding hydrogens is 433 g/mol. The van der Waals surface area contributed by atoms with Crippen LogP contribution in [0.3, 0.4) is 0 Å². The second-order valence-electron chi connectivity index (χ2n) is 5.47. The molecule has 0 aromatic carbocycles. The normalized spacial score (nSPS) is 18.5. The molecule has 1 rings (SSSR count). The van der Waals surface area contributed by atoms with Gasteiger partial charge in [-0.25, -0.2) is 8.42 Å². The van der Waals surface area contributed by atoms with Gasteiger partial charge in [-0.2, -0.15) is 0 Å². The number of ether oxygens (including phenoxy) is 2. The third-order valence-corrected chi connectivity index (χ3v) is 4.32. The molecule has 0 bridgehead atoms. The number of halogens is 1. The number of rotatable bonds is 10. The van der Waals surface area contributed by atoms with Gasteiger partial charge in [0, 0.05) is 39.6 Å². The molecule has 1 fully saturated rings. The Morgan fingerprint density at radius 1 is 1.30 bits per heavy atom. The maximum absolute atomic E-state index is 11.0. The fourth-order valence-corrected chi connectivity index (χ4v) is 2.80. The topological polar surface area (TPSA) is 89.0 Å². The van der Waals surface area contributed by atoms with Crippen molar-refractivity contribution in [2.24, 2.45) is 4.99 Å². The molecule has 1 unspecified atom stereocenters. The summed E-state index contributed by atoms with van der Waals surface area (Å²) in [6.45, 7) is 3.58. The highest BCUT2D eigenvalue weighted by Gasteiger charge is 2.14. The second kappa shape index (κ2) is 13.2. The van der Waals surface area contributed by atoms with Gasteiger partial charge in [0.2, 0.25) is 0 Å². The van der Waals surface area contributed by atoms with E-state index in [2.05, 4.69) is 15.6 Å². The van der Waals surface area contributed by atoms with Crippen molar-refractivity contribution in [3.05, 3.63) is 0 Å². The summed E-state index contributed by atoms with van der Waals surface area (Å²) in [5.41, 5.74) is 0. The molecule has 1 aliphatic rings. The lowest BCUT2D eigenvalue weighted by Crippen LogP contribution is -2.38. The number of hydrogen-bond acceptors (Lipinski definition) is 5. The third kappa shape index (κ3) is 12.9. The lowest BCUT2D eigenvalue weighted by atomic mass is 10.2. The van der Waals surface area contributed by atoms with Crippen molar-refractivity contribution < 1.29 is 17.9 Å².